The van der Waals surface area contributed by atoms with E-state index in [1.165, 1.54) is 4.90 Å². The Morgan fingerprint density at radius 2 is 2.18 bits per heavy atom. The molecule has 0 aliphatic carbocycles. The third-order valence-electron chi connectivity index (χ3n) is 3.65. The number of carboxylic acid groups (broad SMARTS) is 1. The van der Waals surface area contributed by atoms with E-state index in [0.717, 1.165) is 32.5 Å². The van der Waals surface area contributed by atoms with Crippen LogP contribution in [-0.4, -0.2) is 47.7 Å². The van der Waals surface area contributed by atoms with Crippen LogP contribution in [0.15, 0.2) is 0 Å². The third-order valence-corrected chi connectivity index (χ3v) is 3.65. The van der Waals surface area contributed by atoms with E-state index < -0.39 is 12.0 Å². The van der Waals surface area contributed by atoms with Crippen molar-refractivity contribution in [1.82, 2.24) is 4.90 Å². The highest BCUT2D eigenvalue weighted by molar-refractivity contribution is 5.84. The minimum absolute atomic E-state index is 0.0122. The normalized spacial score (nSPS) is 28.6. The molecule has 2 aliphatic rings. The first-order valence-corrected chi connectivity index (χ1v) is 6.28. The quantitative estimate of drug-likeness (QED) is 0.793. The third kappa shape index (κ3) is 2.97. The van der Waals surface area contributed by atoms with Crippen LogP contribution in [0.1, 0.15) is 32.1 Å². The fraction of sp³-hybridized carbons (Fsp3) is 0.833. The van der Waals surface area contributed by atoms with Crippen molar-refractivity contribution < 1.29 is 19.4 Å². The van der Waals surface area contributed by atoms with Crippen LogP contribution in [0.5, 0.6) is 0 Å². The van der Waals surface area contributed by atoms with Gasteiger partial charge in [-0.15, -0.1) is 0 Å². The minimum Gasteiger partial charge on any atom is -0.480 e. The van der Waals surface area contributed by atoms with E-state index in [0.29, 0.717) is 25.3 Å². The smallest absolute Gasteiger partial charge is 0.326 e. The van der Waals surface area contributed by atoms with Crippen LogP contribution in [0.4, 0.5) is 0 Å². The number of aliphatic carboxylic acids is 1. The van der Waals surface area contributed by atoms with Crippen molar-refractivity contribution in [2.75, 3.05) is 19.8 Å². The highest BCUT2D eigenvalue weighted by Crippen LogP contribution is 2.22. The number of hydrogen-bond acceptors (Lipinski definition) is 3. The Morgan fingerprint density at radius 1 is 1.35 bits per heavy atom. The SMILES string of the molecule is O=C(O)[C@H]1CCCN1C(=O)CC[C@@H]1CCOC1. The number of amides is 1. The van der Waals surface area contributed by atoms with Gasteiger partial charge in [0.2, 0.25) is 5.91 Å². The summed E-state index contributed by atoms with van der Waals surface area (Å²) in [7, 11) is 0. The number of likely N-dealkylation sites (tertiary alicyclic amines) is 1. The molecule has 0 unspecified atom stereocenters. The molecule has 0 saturated carbocycles. The van der Waals surface area contributed by atoms with Gasteiger partial charge in [0.25, 0.3) is 0 Å². The molecule has 1 amide bonds. The van der Waals surface area contributed by atoms with Gasteiger partial charge in [0.05, 0.1) is 0 Å². The maximum Gasteiger partial charge on any atom is 0.326 e. The molecule has 2 aliphatic heterocycles. The predicted octanol–water partition coefficient (Wildman–Crippen LogP) is 0.879. The fourth-order valence-corrected chi connectivity index (χ4v) is 2.60. The van der Waals surface area contributed by atoms with Crippen molar-refractivity contribution in [3.05, 3.63) is 0 Å². The number of nitrogens with zero attached hydrogens (tertiary/aromatic N) is 1. The molecule has 2 saturated heterocycles. The number of rotatable bonds is 4. The summed E-state index contributed by atoms with van der Waals surface area (Å²) < 4.78 is 5.26. The Labute approximate surface area is 101 Å². The van der Waals surface area contributed by atoms with Gasteiger partial charge in [-0.25, -0.2) is 4.79 Å². The number of carbonyl (C=O) groups excluding carboxylic acids is 1. The number of hydrogen-bond donors (Lipinski definition) is 1. The summed E-state index contributed by atoms with van der Waals surface area (Å²) in [5.74, 6) is -0.410. The Bertz CT molecular complexity index is 299. The van der Waals surface area contributed by atoms with E-state index in [2.05, 4.69) is 0 Å². The van der Waals surface area contributed by atoms with E-state index in [1.807, 2.05) is 0 Å². The number of carboxylic acids is 1. The van der Waals surface area contributed by atoms with Crippen LogP contribution in [0.2, 0.25) is 0 Å². The summed E-state index contributed by atoms with van der Waals surface area (Å²) in [6.07, 6.45) is 3.69. The lowest BCUT2D eigenvalue weighted by Crippen LogP contribution is -2.40. The maximum absolute atomic E-state index is 11.9. The molecule has 5 nitrogen and oxygen atoms in total. The van der Waals surface area contributed by atoms with Gasteiger partial charge < -0.3 is 14.7 Å². The molecule has 2 rings (SSSR count). The first kappa shape index (κ1) is 12.4. The summed E-state index contributed by atoms with van der Waals surface area (Å²) in [6, 6.07) is -0.595. The molecule has 17 heavy (non-hydrogen) atoms. The molecule has 0 radical (unpaired) electrons. The highest BCUT2D eigenvalue weighted by Gasteiger charge is 2.33. The maximum atomic E-state index is 11.9. The Kier molecular flexibility index (Phi) is 3.99. The van der Waals surface area contributed by atoms with E-state index in [-0.39, 0.29) is 5.91 Å². The van der Waals surface area contributed by atoms with Crippen LogP contribution in [0, 0.1) is 5.92 Å². The van der Waals surface area contributed by atoms with Gasteiger partial charge in [0, 0.05) is 26.2 Å². The lowest BCUT2D eigenvalue weighted by Gasteiger charge is -2.21. The van der Waals surface area contributed by atoms with Gasteiger partial charge in [-0.2, -0.15) is 0 Å². The topological polar surface area (TPSA) is 66.8 Å². The minimum atomic E-state index is -0.875. The van der Waals surface area contributed by atoms with Crippen molar-refractivity contribution in [2.45, 2.75) is 38.1 Å². The molecule has 2 atom stereocenters. The highest BCUT2D eigenvalue weighted by atomic mass is 16.5. The fourth-order valence-electron chi connectivity index (χ4n) is 2.60. The Balaban J connectivity index is 1.80. The van der Waals surface area contributed by atoms with Crippen molar-refractivity contribution in [1.29, 1.82) is 0 Å². The van der Waals surface area contributed by atoms with Crippen molar-refractivity contribution in [3.63, 3.8) is 0 Å². The van der Waals surface area contributed by atoms with Crippen LogP contribution < -0.4 is 0 Å². The molecule has 2 fully saturated rings. The van der Waals surface area contributed by atoms with E-state index >= 15 is 0 Å². The van der Waals surface area contributed by atoms with Crippen molar-refractivity contribution in [2.24, 2.45) is 5.92 Å². The first-order valence-electron chi connectivity index (χ1n) is 6.28. The second kappa shape index (κ2) is 5.49. The second-order valence-electron chi connectivity index (χ2n) is 4.85. The van der Waals surface area contributed by atoms with E-state index in [4.69, 9.17) is 9.84 Å². The van der Waals surface area contributed by atoms with Gasteiger partial charge >= 0.3 is 5.97 Å². The first-order chi connectivity index (χ1) is 8.18. The summed E-state index contributed by atoms with van der Waals surface area (Å²) in [4.78, 5) is 24.4. The monoisotopic (exact) mass is 241 g/mol. The molecule has 0 aromatic rings. The second-order valence-corrected chi connectivity index (χ2v) is 4.85. The van der Waals surface area contributed by atoms with Gasteiger partial charge in [0.1, 0.15) is 6.04 Å². The summed E-state index contributed by atoms with van der Waals surface area (Å²) in [5, 5.41) is 9.00. The molecule has 96 valence electrons. The average Bonchev–Trinajstić information content (AvgIpc) is 2.96. The van der Waals surface area contributed by atoms with Gasteiger partial charge in [-0.1, -0.05) is 0 Å². The van der Waals surface area contributed by atoms with Gasteiger partial charge in [-0.3, -0.25) is 4.79 Å². The van der Waals surface area contributed by atoms with Gasteiger partial charge in [-0.05, 0) is 31.6 Å². The molecule has 0 aromatic carbocycles. The standard InChI is InChI=1S/C12H19NO4/c14-11(4-3-9-5-7-17-8-9)13-6-1-2-10(13)12(15)16/h9-10H,1-8H2,(H,15,16)/t9-,10-/m1/s1. The Morgan fingerprint density at radius 3 is 2.82 bits per heavy atom. The summed E-state index contributed by atoms with van der Waals surface area (Å²) in [6.45, 7) is 2.13. The zero-order chi connectivity index (χ0) is 12.3. The van der Waals surface area contributed by atoms with E-state index in [1.54, 1.807) is 0 Å². The molecule has 0 bridgehead atoms. The van der Waals surface area contributed by atoms with Crippen molar-refractivity contribution in [3.8, 4) is 0 Å². The molecule has 1 N–H and O–H groups in total. The average molecular weight is 241 g/mol. The lowest BCUT2D eigenvalue weighted by molar-refractivity contribution is -0.148. The molecular weight excluding hydrogens is 222 g/mol. The number of ether oxygens (including phenoxy) is 1. The zero-order valence-corrected chi connectivity index (χ0v) is 9.93. The van der Waals surface area contributed by atoms with Crippen LogP contribution >= 0.6 is 0 Å². The van der Waals surface area contributed by atoms with Crippen LogP contribution in [0.3, 0.4) is 0 Å². The lowest BCUT2D eigenvalue weighted by atomic mass is 10.0. The van der Waals surface area contributed by atoms with E-state index in [9.17, 15) is 9.59 Å². The molecular formula is C12H19NO4. The molecule has 5 heteroatoms. The predicted molar refractivity (Wildman–Crippen MR) is 60.5 cm³/mol. The van der Waals surface area contributed by atoms with Crippen molar-refractivity contribution >= 4 is 11.9 Å². The zero-order valence-electron chi connectivity index (χ0n) is 9.93. The number of carbonyl (C=O) groups is 2. The summed E-state index contributed by atoms with van der Waals surface area (Å²) >= 11 is 0. The van der Waals surface area contributed by atoms with Gasteiger partial charge in [0.15, 0.2) is 0 Å². The Hall–Kier alpha value is -1.10. The molecule has 2 heterocycles. The molecule has 0 aromatic heterocycles. The largest absolute Gasteiger partial charge is 0.480 e. The molecule has 0 spiro atoms. The summed E-state index contributed by atoms with van der Waals surface area (Å²) in [5.41, 5.74) is 0. The van der Waals surface area contributed by atoms with Crippen LogP contribution in [-0.2, 0) is 14.3 Å². The van der Waals surface area contributed by atoms with Crippen LogP contribution in [0.25, 0.3) is 0 Å².